The Kier molecular flexibility index (Phi) is 4.29. The monoisotopic (exact) mass is 286 g/mol. The molecule has 1 amide bonds. The lowest BCUT2D eigenvalue weighted by atomic mass is 10.1. The van der Waals surface area contributed by atoms with Crippen molar-refractivity contribution >= 4 is 5.91 Å². The molecule has 1 N–H and O–H groups in total. The van der Waals surface area contributed by atoms with Gasteiger partial charge in [-0.2, -0.15) is 5.26 Å². The fourth-order valence-electron chi connectivity index (χ4n) is 1.91. The first-order chi connectivity index (χ1) is 10.0. The van der Waals surface area contributed by atoms with Gasteiger partial charge in [-0.05, 0) is 37.3 Å². The quantitative estimate of drug-likeness (QED) is 0.941. The summed E-state index contributed by atoms with van der Waals surface area (Å²) in [5.41, 5.74) is 1.02. The van der Waals surface area contributed by atoms with Crippen LogP contribution in [0, 0.1) is 23.0 Å². The topological polar surface area (TPSA) is 52.9 Å². The largest absolute Gasteiger partial charge is 0.345 e. The van der Waals surface area contributed by atoms with Crippen LogP contribution in [-0.2, 0) is 0 Å². The minimum Gasteiger partial charge on any atom is -0.345 e. The summed E-state index contributed by atoms with van der Waals surface area (Å²) in [7, 11) is 0. The number of nitriles is 1. The van der Waals surface area contributed by atoms with Gasteiger partial charge in [-0.25, -0.2) is 8.78 Å². The van der Waals surface area contributed by atoms with Crippen LogP contribution in [0.25, 0.3) is 0 Å². The maximum Gasteiger partial charge on any atom is 0.251 e. The second-order valence-corrected chi connectivity index (χ2v) is 4.55. The maximum atomic E-state index is 13.6. The number of nitrogens with zero attached hydrogens (tertiary/aromatic N) is 1. The number of hydrogen-bond acceptors (Lipinski definition) is 2. The van der Waals surface area contributed by atoms with Crippen molar-refractivity contribution in [3.05, 3.63) is 70.8 Å². The zero-order valence-corrected chi connectivity index (χ0v) is 11.2. The van der Waals surface area contributed by atoms with Gasteiger partial charge in [0, 0.05) is 17.2 Å². The van der Waals surface area contributed by atoms with E-state index in [4.69, 9.17) is 5.26 Å². The molecular weight excluding hydrogens is 274 g/mol. The Morgan fingerprint density at radius 2 is 1.86 bits per heavy atom. The van der Waals surface area contributed by atoms with Crippen LogP contribution in [0.4, 0.5) is 8.78 Å². The Bertz CT molecular complexity index is 705. The molecule has 0 heterocycles. The van der Waals surface area contributed by atoms with Gasteiger partial charge in [-0.15, -0.1) is 0 Å². The van der Waals surface area contributed by atoms with Gasteiger partial charge in [0.05, 0.1) is 17.7 Å². The molecule has 0 fully saturated rings. The van der Waals surface area contributed by atoms with Crippen LogP contribution in [-0.4, -0.2) is 5.91 Å². The Balaban J connectivity index is 2.13. The highest BCUT2D eigenvalue weighted by atomic mass is 19.1. The SMILES string of the molecule is C[C@@H](NC(=O)c1ccc(C#N)cc1)c1ccc(F)cc1F. The highest BCUT2D eigenvalue weighted by molar-refractivity contribution is 5.94. The summed E-state index contributed by atoms with van der Waals surface area (Å²) in [5.74, 6) is -1.76. The van der Waals surface area contributed by atoms with Crippen LogP contribution < -0.4 is 5.32 Å². The molecule has 0 spiro atoms. The van der Waals surface area contributed by atoms with Crippen molar-refractivity contribution < 1.29 is 13.6 Å². The van der Waals surface area contributed by atoms with Gasteiger partial charge in [0.2, 0.25) is 0 Å². The lowest BCUT2D eigenvalue weighted by Gasteiger charge is -2.15. The third-order valence-corrected chi connectivity index (χ3v) is 3.05. The number of rotatable bonds is 3. The Hall–Kier alpha value is -2.74. The number of carbonyl (C=O) groups is 1. The molecule has 106 valence electrons. The number of benzene rings is 2. The van der Waals surface area contributed by atoms with Crippen LogP contribution in [0.3, 0.4) is 0 Å². The fraction of sp³-hybridized carbons (Fsp3) is 0.125. The fourth-order valence-corrected chi connectivity index (χ4v) is 1.91. The number of carbonyl (C=O) groups excluding carboxylic acids is 1. The zero-order chi connectivity index (χ0) is 15.4. The van der Waals surface area contributed by atoms with E-state index in [0.717, 1.165) is 12.1 Å². The molecule has 0 aromatic heterocycles. The normalized spacial score (nSPS) is 11.5. The molecule has 0 aliphatic rings. The minimum absolute atomic E-state index is 0.207. The molecule has 5 heteroatoms. The molecule has 1 atom stereocenters. The van der Waals surface area contributed by atoms with E-state index >= 15 is 0 Å². The molecule has 2 aromatic carbocycles. The molecule has 0 saturated heterocycles. The number of amides is 1. The molecule has 0 aliphatic heterocycles. The van der Waals surface area contributed by atoms with E-state index < -0.39 is 23.6 Å². The van der Waals surface area contributed by atoms with E-state index in [9.17, 15) is 13.6 Å². The summed E-state index contributed by atoms with van der Waals surface area (Å²) in [6, 6.07) is 10.7. The molecule has 21 heavy (non-hydrogen) atoms. The molecule has 3 nitrogen and oxygen atoms in total. The third-order valence-electron chi connectivity index (χ3n) is 3.05. The molecule has 0 bridgehead atoms. The maximum absolute atomic E-state index is 13.6. The van der Waals surface area contributed by atoms with Crippen LogP contribution in [0.2, 0.25) is 0 Å². The van der Waals surface area contributed by atoms with Crippen LogP contribution in [0.1, 0.15) is 34.5 Å². The molecule has 2 aromatic rings. The molecular formula is C16H12F2N2O. The summed E-state index contributed by atoms with van der Waals surface area (Å²) in [6.07, 6.45) is 0. The molecule has 0 aliphatic carbocycles. The van der Waals surface area contributed by atoms with Gasteiger partial charge < -0.3 is 5.32 Å². The van der Waals surface area contributed by atoms with Crippen molar-refractivity contribution in [3.63, 3.8) is 0 Å². The van der Waals surface area contributed by atoms with E-state index in [1.807, 2.05) is 6.07 Å². The summed E-state index contributed by atoms with van der Waals surface area (Å²) in [6.45, 7) is 1.61. The van der Waals surface area contributed by atoms with Crippen molar-refractivity contribution in [2.45, 2.75) is 13.0 Å². The summed E-state index contributed by atoms with van der Waals surface area (Å²) < 4.78 is 26.5. The van der Waals surface area contributed by atoms with Crippen LogP contribution in [0.15, 0.2) is 42.5 Å². The van der Waals surface area contributed by atoms with E-state index in [-0.39, 0.29) is 5.56 Å². The predicted molar refractivity (Wildman–Crippen MR) is 73.4 cm³/mol. The van der Waals surface area contributed by atoms with Gasteiger partial charge in [-0.1, -0.05) is 6.07 Å². The first kappa shape index (κ1) is 14.7. The van der Waals surface area contributed by atoms with Gasteiger partial charge in [-0.3, -0.25) is 4.79 Å². The number of nitrogens with one attached hydrogen (secondary N) is 1. The average Bonchev–Trinajstić information content (AvgIpc) is 2.47. The van der Waals surface area contributed by atoms with Crippen molar-refractivity contribution in [2.24, 2.45) is 0 Å². The van der Waals surface area contributed by atoms with Crippen LogP contribution in [0.5, 0.6) is 0 Å². The number of halogens is 2. The smallest absolute Gasteiger partial charge is 0.251 e. The Morgan fingerprint density at radius 3 is 2.43 bits per heavy atom. The minimum atomic E-state index is -0.706. The Morgan fingerprint density at radius 1 is 1.19 bits per heavy atom. The van der Waals surface area contributed by atoms with E-state index in [0.29, 0.717) is 11.1 Å². The second-order valence-electron chi connectivity index (χ2n) is 4.55. The lowest BCUT2D eigenvalue weighted by molar-refractivity contribution is 0.0939. The lowest BCUT2D eigenvalue weighted by Crippen LogP contribution is -2.27. The molecule has 0 radical (unpaired) electrons. The second kappa shape index (κ2) is 6.14. The van der Waals surface area contributed by atoms with Gasteiger partial charge in [0.15, 0.2) is 0 Å². The highest BCUT2D eigenvalue weighted by Gasteiger charge is 2.15. The molecule has 0 unspecified atom stereocenters. The standard InChI is InChI=1S/C16H12F2N2O/c1-10(14-7-6-13(17)8-15(14)18)20-16(21)12-4-2-11(9-19)3-5-12/h2-8,10H,1H3,(H,20,21)/t10-/m1/s1. The highest BCUT2D eigenvalue weighted by Crippen LogP contribution is 2.18. The summed E-state index contributed by atoms with van der Waals surface area (Å²) >= 11 is 0. The van der Waals surface area contributed by atoms with E-state index in [1.54, 1.807) is 6.92 Å². The predicted octanol–water partition coefficient (Wildman–Crippen LogP) is 3.33. The first-order valence-corrected chi connectivity index (χ1v) is 6.27. The van der Waals surface area contributed by atoms with Gasteiger partial charge >= 0.3 is 0 Å². The van der Waals surface area contributed by atoms with Crippen molar-refractivity contribution in [2.75, 3.05) is 0 Å². The van der Waals surface area contributed by atoms with Gasteiger partial charge in [0.25, 0.3) is 5.91 Å². The average molecular weight is 286 g/mol. The summed E-state index contributed by atoms with van der Waals surface area (Å²) in [5, 5.41) is 11.3. The van der Waals surface area contributed by atoms with Crippen molar-refractivity contribution in [1.29, 1.82) is 5.26 Å². The number of hydrogen-bond donors (Lipinski definition) is 1. The van der Waals surface area contributed by atoms with E-state index in [2.05, 4.69) is 5.32 Å². The van der Waals surface area contributed by atoms with Crippen molar-refractivity contribution in [3.8, 4) is 6.07 Å². The first-order valence-electron chi connectivity index (χ1n) is 6.27. The molecule has 0 saturated carbocycles. The Labute approximate surface area is 120 Å². The van der Waals surface area contributed by atoms with Gasteiger partial charge in [0.1, 0.15) is 11.6 Å². The molecule has 2 rings (SSSR count). The third kappa shape index (κ3) is 3.42. The zero-order valence-electron chi connectivity index (χ0n) is 11.2. The summed E-state index contributed by atoms with van der Waals surface area (Å²) in [4.78, 5) is 12.0. The van der Waals surface area contributed by atoms with Crippen molar-refractivity contribution in [1.82, 2.24) is 5.32 Å². The van der Waals surface area contributed by atoms with Crippen LogP contribution >= 0.6 is 0 Å². The van der Waals surface area contributed by atoms with E-state index in [1.165, 1.54) is 30.3 Å².